The van der Waals surface area contributed by atoms with E-state index in [1.807, 2.05) is 36.4 Å². The van der Waals surface area contributed by atoms with Crippen LogP contribution in [0.2, 0.25) is 0 Å². The van der Waals surface area contributed by atoms with E-state index >= 15 is 0 Å². The van der Waals surface area contributed by atoms with E-state index in [2.05, 4.69) is 29.0 Å². The molecular weight excluding hydrogens is 400 g/mol. The van der Waals surface area contributed by atoms with Gasteiger partial charge in [0.15, 0.2) is 5.58 Å². The Balaban J connectivity index is 1.54. The fraction of sp³-hybridized carbons (Fsp3) is 0.174. The lowest BCUT2D eigenvalue weighted by Gasteiger charge is -2.18. The molecule has 4 rings (SSSR count). The zero-order valence-electron chi connectivity index (χ0n) is 16.5. The van der Waals surface area contributed by atoms with Gasteiger partial charge in [0.25, 0.3) is 0 Å². The zero-order chi connectivity index (χ0) is 21.1. The molecule has 0 aliphatic heterocycles. The van der Waals surface area contributed by atoms with Crippen molar-refractivity contribution in [2.75, 3.05) is 6.54 Å². The number of sulfonamides is 1. The average molecular weight is 423 g/mol. The Bertz CT molecular complexity index is 1270. The molecule has 0 aliphatic carbocycles. The smallest absolute Gasteiger partial charge is 0.408 e. The van der Waals surface area contributed by atoms with Crippen LogP contribution in [0.15, 0.2) is 93.0 Å². The zero-order valence-corrected chi connectivity index (χ0v) is 17.3. The standard InChI is InChI=1S/C23H22N2O4S/c1-25-21-16-19(12-13-22(21)29-23(25)26)30(27,28)24-15-14-20(17-8-4-2-5-9-17)18-10-6-3-7-11-18/h2-13,16,20,24H,14-15H2,1H3. The molecule has 30 heavy (non-hydrogen) atoms. The van der Waals surface area contributed by atoms with Crippen molar-refractivity contribution in [2.45, 2.75) is 17.2 Å². The Hall–Kier alpha value is -3.16. The van der Waals surface area contributed by atoms with Crippen LogP contribution in [-0.4, -0.2) is 19.5 Å². The van der Waals surface area contributed by atoms with Crippen LogP contribution >= 0.6 is 0 Å². The highest BCUT2D eigenvalue weighted by Gasteiger charge is 2.19. The molecule has 1 heterocycles. The van der Waals surface area contributed by atoms with Crippen LogP contribution in [-0.2, 0) is 17.1 Å². The summed E-state index contributed by atoms with van der Waals surface area (Å²) in [4.78, 5) is 11.7. The van der Waals surface area contributed by atoms with Gasteiger partial charge in [-0.1, -0.05) is 60.7 Å². The van der Waals surface area contributed by atoms with Crippen molar-refractivity contribution < 1.29 is 12.8 Å². The Kier molecular flexibility index (Phi) is 5.57. The van der Waals surface area contributed by atoms with Crippen LogP contribution in [0.1, 0.15) is 23.5 Å². The molecule has 0 atom stereocenters. The Morgan fingerprint density at radius 2 is 1.53 bits per heavy atom. The molecule has 0 saturated carbocycles. The van der Waals surface area contributed by atoms with E-state index in [1.165, 1.54) is 22.8 Å². The summed E-state index contributed by atoms with van der Waals surface area (Å²) >= 11 is 0. The summed E-state index contributed by atoms with van der Waals surface area (Å²) in [7, 11) is -2.18. The molecule has 0 amide bonds. The van der Waals surface area contributed by atoms with E-state index in [0.29, 0.717) is 17.5 Å². The summed E-state index contributed by atoms with van der Waals surface area (Å²) in [6.07, 6.45) is 0.611. The van der Waals surface area contributed by atoms with Crippen LogP contribution in [0.3, 0.4) is 0 Å². The highest BCUT2D eigenvalue weighted by molar-refractivity contribution is 7.89. The number of nitrogens with one attached hydrogen (secondary N) is 1. The molecule has 1 aromatic heterocycles. The molecule has 7 heteroatoms. The normalized spacial score (nSPS) is 11.9. The van der Waals surface area contributed by atoms with Crippen molar-refractivity contribution in [1.82, 2.24) is 9.29 Å². The fourth-order valence-corrected chi connectivity index (χ4v) is 4.66. The summed E-state index contributed by atoms with van der Waals surface area (Å²) in [5.74, 6) is -0.451. The van der Waals surface area contributed by atoms with E-state index in [9.17, 15) is 13.2 Å². The molecule has 0 unspecified atom stereocenters. The molecule has 154 valence electrons. The van der Waals surface area contributed by atoms with E-state index in [-0.39, 0.29) is 17.4 Å². The Labute approximate surface area is 174 Å². The first-order valence-corrected chi connectivity index (χ1v) is 11.1. The average Bonchev–Trinajstić information content (AvgIpc) is 3.05. The second-order valence-corrected chi connectivity index (χ2v) is 8.88. The highest BCUT2D eigenvalue weighted by atomic mass is 32.2. The third kappa shape index (κ3) is 4.08. The van der Waals surface area contributed by atoms with E-state index in [1.54, 1.807) is 7.05 Å². The van der Waals surface area contributed by atoms with Crippen LogP contribution in [0.25, 0.3) is 11.1 Å². The predicted molar refractivity (Wildman–Crippen MR) is 116 cm³/mol. The van der Waals surface area contributed by atoms with Gasteiger partial charge in [0.05, 0.1) is 10.4 Å². The summed E-state index contributed by atoms with van der Waals surface area (Å²) in [6, 6.07) is 24.5. The largest absolute Gasteiger partial charge is 0.419 e. The molecule has 0 spiro atoms. The lowest BCUT2D eigenvalue weighted by Crippen LogP contribution is -2.26. The van der Waals surface area contributed by atoms with E-state index in [4.69, 9.17) is 4.42 Å². The molecule has 0 aliphatic rings. The molecular formula is C23H22N2O4S. The van der Waals surface area contributed by atoms with Crippen LogP contribution in [0.5, 0.6) is 0 Å². The number of nitrogens with zero attached hydrogens (tertiary/aromatic N) is 1. The minimum absolute atomic E-state index is 0.0762. The first-order chi connectivity index (χ1) is 14.5. The molecule has 0 fully saturated rings. The second-order valence-electron chi connectivity index (χ2n) is 7.12. The van der Waals surface area contributed by atoms with Gasteiger partial charge >= 0.3 is 5.76 Å². The summed E-state index contributed by atoms with van der Waals surface area (Å²) in [5.41, 5.74) is 3.07. The highest BCUT2D eigenvalue weighted by Crippen LogP contribution is 2.27. The molecule has 0 saturated heterocycles. The Morgan fingerprint density at radius 3 is 2.13 bits per heavy atom. The number of aryl methyl sites for hydroxylation is 1. The quantitative estimate of drug-likeness (QED) is 0.493. The minimum Gasteiger partial charge on any atom is -0.408 e. The number of benzene rings is 3. The maximum Gasteiger partial charge on any atom is 0.419 e. The van der Waals surface area contributed by atoms with Gasteiger partial charge in [-0.15, -0.1) is 0 Å². The van der Waals surface area contributed by atoms with Crippen LogP contribution in [0, 0.1) is 0 Å². The molecule has 0 bridgehead atoms. The monoisotopic (exact) mass is 422 g/mol. The lowest BCUT2D eigenvalue weighted by atomic mass is 9.89. The van der Waals surface area contributed by atoms with Gasteiger partial charge in [0.1, 0.15) is 0 Å². The number of hydrogen-bond donors (Lipinski definition) is 1. The summed E-state index contributed by atoms with van der Waals surface area (Å²) < 4.78 is 34.7. The van der Waals surface area contributed by atoms with Gasteiger partial charge in [-0.3, -0.25) is 4.57 Å². The molecule has 0 radical (unpaired) electrons. The van der Waals surface area contributed by atoms with Crippen LogP contribution in [0.4, 0.5) is 0 Å². The second kappa shape index (κ2) is 8.30. The number of hydrogen-bond acceptors (Lipinski definition) is 4. The van der Waals surface area contributed by atoms with Gasteiger partial charge < -0.3 is 4.42 Å². The fourth-order valence-electron chi connectivity index (χ4n) is 3.59. The van der Waals surface area contributed by atoms with Gasteiger partial charge in [-0.2, -0.15) is 0 Å². The van der Waals surface area contributed by atoms with Crippen molar-refractivity contribution in [3.63, 3.8) is 0 Å². The number of rotatable bonds is 7. The van der Waals surface area contributed by atoms with Gasteiger partial charge in [0, 0.05) is 19.5 Å². The van der Waals surface area contributed by atoms with Crippen molar-refractivity contribution >= 4 is 21.1 Å². The van der Waals surface area contributed by atoms with Gasteiger partial charge in [-0.25, -0.2) is 17.9 Å². The number of aromatic nitrogens is 1. The maximum atomic E-state index is 12.8. The molecule has 1 N–H and O–H groups in total. The van der Waals surface area contributed by atoms with Gasteiger partial charge in [0.2, 0.25) is 10.0 Å². The first kappa shape index (κ1) is 20.1. The van der Waals surface area contributed by atoms with Crippen molar-refractivity contribution in [1.29, 1.82) is 0 Å². The minimum atomic E-state index is -3.73. The number of fused-ring (bicyclic) bond motifs is 1. The van der Waals surface area contributed by atoms with Crippen molar-refractivity contribution in [3.8, 4) is 0 Å². The van der Waals surface area contributed by atoms with E-state index < -0.39 is 15.8 Å². The first-order valence-electron chi connectivity index (χ1n) is 9.65. The molecule has 4 aromatic rings. The van der Waals surface area contributed by atoms with E-state index in [0.717, 1.165) is 11.1 Å². The van der Waals surface area contributed by atoms with Gasteiger partial charge in [-0.05, 0) is 35.7 Å². The topological polar surface area (TPSA) is 81.3 Å². The molecule has 6 nitrogen and oxygen atoms in total. The SMILES string of the molecule is Cn1c(=O)oc2ccc(S(=O)(=O)NCCC(c3ccccc3)c3ccccc3)cc21. The van der Waals surface area contributed by atoms with Crippen LogP contribution < -0.4 is 10.5 Å². The summed E-state index contributed by atoms with van der Waals surface area (Å²) in [6.45, 7) is 0.277. The number of oxazole rings is 1. The summed E-state index contributed by atoms with van der Waals surface area (Å²) in [5, 5.41) is 0. The third-order valence-electron chi connectivity index (χ3n) is 5.20. The van der Waals surface area contributed by atoms with Crippen molar-refractivity contribution in [3.05, 3.63) is 101 Å². The lowest BCUT2D eigenvalue weighted by molar-refractivity contribution is 0.528. The third-order valence-corrected chi connectivity index (χ3v) is 6.66. The predicted octanol–water partition coefficient (Wildman–Crippen LogP) is 3.63. The Morgan fingerprint density at radius 1 is 0.933 bits per heavy atom. The maximum absolute atomic E-state index is 12.8. The van der Waals surface area contributed by atoms with Crippen molar-refractivity contribution in [2.24, 2.45) is 7.05 Å². The molecule has 3 aromatic carbocycles.